The lowest BCUT2D eigenvalue weighted by Gasteiger charge is -2.02. The smallest absolute Gasteiger partial charge is 0.0936 e. The minimum absolute atomic E-state index is 0.386. The fraction of sp³-hybridized carbons (Fsp3) is 0.333. The van der Waals surface area contributed by atoms with Gasteiger partial charge in [-0.05, 0) is 24.1 Å². The Morgan fingerprint density at radius 1 is 0.905 bits per heavy atom. The van der Waals surface area contributed by atoms with Crippen molar-refractivity contribution >= 4 is 11.8 Å². The lowest BCUT2D eigenvalue weighted by Crippen LogP contribution is -2.03. The number of epoxide rings is 1. The molecule has 2 nitrogen and oxygen atoms in total. The van der Waals surface area contributed by atoms with E-state index in [9.17, 15) is 0 Å². The molecule has 2 atom stereocenters. The third kappa shape index (κ3) is 4.88. The minimum Gasteiger partial charge on any atom is -0.377 e. The van der Waals surface area contributed by atoms with Gasteiger partial charge in [-0.1, -0.05) is 48.5 Å². The van der Waals surface area contributed by atoms with E-state index in [4.69, 9.17) is 9.47 Å². The number of thioether (sulfide) groups is 1. The van der Waals surface area contributed by atoms with E-state index in [1.807, 2.05) is 36.0 Å². The van der Waals surface area contributed by atoms with Crippen molar-refractivity contribution in [2.24, 2.45) is 0 Å². The maximum Gasteiger partial charge on any atom is 0.0936 e. The van der Waals surface area contributed by atoms with Gasteiger partial charge in [-0.25, -0.2) is 0 Å². The first kappa shape index (κ1) is 14.6. The van der Waals surface area contributed by atoms with Crippen LogP contribution in [0.2, 0.25) is 0 Å². The van der Waals surface area contributed by atoms with Crippen LogP contribution in [0.1, 0.15) is 12.0 Å². The molecular formula is C18H20O2S. The van der Waals surface area contributed by atoms with Crippen LogP contribution in [0.15, 0.2) is 65.6 Å². The van der Waals surface area contributed by atoms with Gasteiger partial charge in [0.1, 0.15) is 0 Å². The van der Waals surface area contributed by atoms with Crippen molar-refractivity contribution in [2.45, 2.75) is 30.1 Å². The lowest BCUT2D eigenvalue weighted by molar-refractivity contribution is 0.113. The summed E-state index contributed by atoms with van der Waals surface area (Å²) in [7, 11) is 0. The topological polar surface area (TPSA) is 21.8 Å². The van der Waals surface area contributed by atoms with Gasteiger partial charge in [0.2, 0.25) is 0 Å². The SMILES string of the molecule is c1ccc(COCC[C@@H]2O[C@@H]2CSc2ccccc2)cc1. The highest BCUT2D eigenvalue weighted by Gasteiger charge is 2.37. The van der Waals surface area contributed by atoms with Crippen molar-refractivity contribution in [2.75, 3.05) is 12.4 Å². The zero-order chi connectivity index (χ0) is 14.3. The van der Waals surface area contributed by atoms with E-state index >= 15 is 0 Å². The summed E-state index contributed by atoms with van der Waals surface area (Å²) >= 11 is 1.87. The van der Waals surface area contributed by atoms with Crippen molar-refractivity contribution in [3.05, 3.63) is 66.2 Å². The standard InChI is InChI=1S/C18H20O2S/c1-3-7-15(8-4-1)13-19-12-11-17-18(20-17)14-21-16-9-5-2-6-10-16/h1-10,17-18H,11-14H2/t17-,18+/m0/s1. The van der Waals surface area contributed by atoms with Crippen LogP contribution in [0, 0.1) is 0 Å². The fourth-order valence-corrected chi connectivity index (χ4v) is 3.24. The van der Waals surface area contributed by atoms with E-state index in [0.29, 0.717) is 18.8 Å². The maximum atomic E-state index is 5.69. The summed E-state index contributed by atoms with van der Waals surface area (Å²) in [6.45, 7) is 1.46. The van der Waals surface area contributed by atoms with E-state index in [1.54, 1.807) is 0 Å². The average Bonchev–Trinajstić information content (AvgIpc) is 3.30. The Morgan fingerprint density at radius 2 is 1.62 bits per heavy atom. The molecule has 0 radical (unpaired) electrons. The number of rotatable bonds is 8. The first-order valence-corrected chi connectivity index (χ1v) is 8.35. The summed E-state index contributed by atoms with van der Waals surface area (Å²) in [4.78, 5) is 1.31. The van der Waals surface area contributed by atoms with Crippen LogP contribution < -0.4 is 0 Å². The number of hydrogen-bond acceptors (Lipinski definition) is 3. The average molecular weight is 300 g/mol. The molecule has 1 fully saturated rings. The monoisotopic (exact) mass is 300 g/mol. The van der Waals surface area contributed by atoms with Gasteiger partial charge in [0.05, 0.1) is 18.8 Å². The van der Waals surface area contributed by atoms with Crippen molar-refractivity contribution in [1.29, 1.82) is 0 Å². The maximum absolute atomic E-state index is 5.69. The largest absolute Gasteiger partial charge is 0.377 e. The van der Waals surface area contributed by atoms with E-state index in [0.717, 1.165) is 18.8 Å². The van der Waals surface area contributed by atoms with Crippen LogP contribution >= 0.6 is 11.8 Å². The molecule has 0 aromatic heterocycles. The molecule has 1 aliphatic rings. The zero-order valence-electron chi connectivity index (χ0n) is 12.0. The highest BCUT2D eigenvalue weighted by atomic mass is 32.2. The van der Waals surface area contributed by atoms with Gasteiger partial charge >= 0.3 is 0 Å². The molecule has 0 amide bonds. The summed E-state index contributed by atoms with van der Waals surface area (Å²) in [6.07, 6.45) is 1.78. The van der Waals surface area contributed by atoms with E-state index in [1.165, 1.54) is 10.5 Å². The lowest BCUT2D eigenvalue weighted by atomic mass is 10.2. The van der Waals surface area contributed by atoms with Crippen LogP contribution in [0.25, 0.3) is 0 Å². The van der Waals surface area contributed by atoms with Gasteiger partial charge in [0, 0.05) is 17.3 Å². The molecule has 0 saturated carbocycles. The normalized spacial score (nSPS) is 20.4. The molecule has 3 heteroatoms. The van der Waals surface area contributed by atoms with Crippen molar-refractivity contribution in [1.82, 2.24) is 0 Å². The zero-order valence-corrected chi connectivity index (χ0v) is 12.8. The van der Waals surface area contributed by atoms with Crippen LogP contribution in [-0.2, 0) is 16.1 Å². The van der Waals surface area contributed by atoms with Gasteiger partial charge in [-0.3, -0.25) is 0 Å². The Kier molecular flexibility index (Phi) is 5.33. The molecule has 1 saturated heterocycles. The Hall–Kier alpha value is -1.29. The van der Waals surface area contributed by atoms with Crippen molar-refractivity contribution in [3.63, 3.8) is 0 Å². The molecule has 2 aromatic carbocycles. The molecule has 0 spiro atoms. The van der Waals surface area contributed by atoms with E-state index in [-0.39, 0.29) is 0 Å². The Labute approximate surface area is 130 Å². The van der Waals surface area contributed by atoms with Crippen molar-refractivity contribution in [3.8, 4) is 0 Å². The third-order valence-corrected chi connectivity index (χ3v) is 4.60. The molecule has 0 bridgehead atoms. The summed E-state index contributed by atoms with van der Waals surface area (Å²) in [5, 5.41) is 0. The number of benzene rings is 2. The van der Waals surface area contributed by atoms with Crippen molar-refractivity contribution < 1.29 is 9.47 Å². The number of hydrogen-bond donors (Lipinski definition) is 0. The highest BCUT2D eigenvalue weighted by Crippen LogP contribution is 2.31. The second-order valence-corrected chi connectivity index (χ2v) is 6.26. The van der Waals surface area contributed by atoms with Crippen LogP contribution in [0.3, 0.4) is 0 Å². The Bertz CT molecular complexity index is 529. The molecule has 21 heavy (non-hydrogen) atoms. The molecule has 0 aliphatic carbocycles. The summed E-state index contributed by atoms with van der Waals surface area (Å²) in [5.74, 6) is 1.04. The second-order valence-electron chi connectivity index (χ2n) is 5.16. The predicted octanol–water partition coefficient (Wildman–Crippen LogP) is 4.15. The van der Waals surface area contributed by atoms with Gasteiger partial charge in [-0.15, -0.1) is 11.8 Å². The van der Waals surface area contributed by atoms with E-state index in [2.05, 4.69) is 36.4 Å². The van der Waals surface area contributed by atoms with Gasteiger partial charge in [0.15, 0.2) is 0 Å². The quantitative estimate of drug-likeness (QED) is 0.415. The molecule has 2 aromatic rings. The summed E-state index contributed by atoms with van der Waals surface area (Å²) in [6, 6.07) is 20.8. The van der Waals surface area contributed by atoms with Gasteiger partial charge in [-0.2, -0.15) is 0 Å². The molecule has 1 aliphatic heterocycles. The molecule has 110 valence electrons. The first-order chi connectivity index (χ1) is 10.4. The predicted molar refractivity (Wildman–Crippen MR) is 86.5 cm³/mol. The number of ether oxygens (including phenoxy) is 2. The molecular weight excluding hydrogens is 280 g/mol. The fourth-order valence-electron chi connectivity index (χ4n) is 2.24. The van der Waals surface area contributed by atoms with Crippen LogP contribution in [0.5, 0.6) is 0 Å². The molecule has 0 unspecified atom stereocenters. The third-order valence-electron chi connectivity index (χ3n) is 3.50. The van der Waals surface area contributed by atoms with Crippen LogP contribution in [0.4, 0.5) is 0 Å². The molecule has 0 N–H and O–H groups in total. The molecule has 3 rings (SSSR count). The molecule has 1 heterocycles. The second kappa shape index (κ2) is 7.64. The van der Waals surface area contributed by atoms with Gasteiger partial charge in [0.25, 0.3) is 0 Å². The summed E-state index contributed by atoms with van der Waals surface area (Å²) < 4.78 is 11.4. The Morgan fingerprint density at radius 3 is 2.38 bits per heavy atom. The van der Waals surface area contributed by atoms with Gasteiger partial charge < -0.3 is 9.47 Å². The van der Waals surface area contributed by atoms with E-state index < -0.39 is 0 Å². The minimum atomic E-state index is 0.386. The Balaban J connectivity index is 1.27. The van der Waals surface area contributed by atoms with Crippen LogP contribution in [-0.4, -0.2) is 24.6 Å². The summed E-state index contributed by atoms with van der Waals surface area (Å²) in [5.41, 5.74) is 1.23. The highest BCUT2D eigenvalue weighted by molar-refractivity contribution is 7.99. The first-order valence-electron chi connectivity index (χ1n) is 7.37.